The molecule has 0 aliphatic carbocycles. The van der Waals surface area contributed by atoms with Crippen molar-refractivity contribution in [3.63, 3.8) is 0 Å². The summed E-state index contributed by atoms with van der Waals surface area (Å²) in [5.74, 6) is -0.732. The van der Waals surface area contributed by atoms with Gasteiger partial charge in [0.1, 0.15) is 5.82 Å². The maximum atomic E-state index is 12.8. The third-order valence-electron chi connectivity index (χ3n) is 3.61. The van der Waals surface area contributed by atoms with Gasteiger partial charge in [-0.25, -0.2) is 0 Å². The molecule has 0 saturated carbocycles. The number of hydrogen-bond donors (Lipinski definition) is 2. The quantitative estimate of drug-likeness (QED) is 0.883. The highest BCUT2D eigenvalue weighted by molar-refractivity contribution is 5.44. The van der Waals surface area contributed by atoms with Gasteiger partial charge in [-0.3, -0.25) is 0 Å². The van der Waals surface area contributed by atoms with Crippen LogP contribution in [-0.2, 0) is 6.18 Å². The van der Waals surface area contributed by atoms with Gasteiger partial charge in [-0.2, -0.15) is 17.7 Å². The van der Waals surface area contributed by atoms with Crippen molar-refractivity contribution >= 4 is 11.5 Å². The van der Waals surface area contributed by atoms with Crippen LogP contribution in [0, 0.1) is 0 Å². The van der Waals surface area contributed by atoms with Crippen LogP contribution >= 0.6 is 0 Å². The lowest BCUT2D eigenvalue weighted by molar-refractivity contribution is -0.146. The molecule has 6 nitrogen and oxygen atoms in total. The first-order valence-corrected chi connectivity index (χ1v) is 6.75. The highest BCUT2D eigenvalue weighted by atomic mass is 19.4. The number of nitrogens with zero attached hydrogens (tertiary/aromatic N) is 4. The summed E-state index contributed by atoms with van der Waals surface area (Å²) in [4.78, 5) is 0. The first-order valence-electron chi connectivity index (χ1n) is 6.75. The topological polar surface area (TPSA) is 67.1 Å². The number of hydrogen-bond acceptors (Lipinski definition) is 5. The highest BCUT2D eigenvalue weighted by Crippen LogP contribution is 2.27. The van der Waals surface area contributed by atoms with E-state index in [0.717, 1.165) is 23.9 Å². The molecule has 1 fully saturated rings. The van der Waals surface area contributed by atoms with Gasteiger partial charge < -0.3 is 10.6 Å². The number of anilines is 1. The van der Waals surface area contributed by atoms with Gasteiger partial charge in [-0.1, -0.05) is 0 Å². The van der Waals surface area contributed by atoms with Gasteiger partial charge in [0, 0.05) is 12.1 Å². The average molecular weight is 300 g/mol. The molecule has 1 aliphatic heterocycles. The Hall–Kier alpha value is -1.90. The summed E-state index contributed by atoms with van der Waals surface area (Å²) >= 11 is 0. The molecule has 0 radical (unpaired) electrons. The van der Waals surface area contributed by atoms with Gasteiger partial charge in [-0.15, -0.1) is 15.3 Å². The summed E-state index contributed by atoms with van der Waals surface area (Å²) in [7, 11) is 0. The Morgan fingerprint density at radius 3 is 2.86 bits per heavy atom. The van der Waals surface area contributed by atoms with Crippen LogP contribution < -0.4 is 10.6 Å². The molecule has 3 rings (SSSR count). The fourth-order valence-electron chi connectivity index (χ4n) is 2.47. The van der Waals surface area contributed by atoms with E-state index in [4.69, 9.17) is 0 Å². The van der Waals surface area contributed by atoms with Gasteiger partial charge in [-0.05, 0) is 38.4 Å². The van der Waals surface area contributed by atoms with Crippen molar-refractivity contribution in [3.8, 4) is 0 Å². The lowest BCUT2D eigenvalue weighted by Crippen LogP contribution is -2.46. The second-order valence-electron chi connectivity index (χ2n) is 5.15. The number of aromatic nitrogens is 4. The van der Waals surface area contributed by atoms with Crippen molar-refractivity contribution in [1.29, 1.82) is 0 Å². The molecule has 3 heterocycles. The van der Waals surface area contributed by atoms with Crippen molar-refractivity contribution in [2.24, 2.45) is 0 Å². The van der Waals surface area contributed by atoms with Crippen LogP contribution in [0.1, 0.15) is 25.6 Å². The van der Waals surface area contributed by atoms with Crippen molar-refractivity contribution in [2.45, 2.75) is 38.0 Å². The van der Waals surface area contributed by atoms with Crippen LogP contribution in [-0.4, -0.2) is 38.4 Å². The van der Waals surface area contributed by atoms with Crippen LogP contribution in [0.2, 0.25) is 0 Å². The van der Waals surface area contributed by atoms with Crippen molar-refractivity contribution in [2.75, 3.05) is 11.9 Å². The second-order valence-corrected chi connectivity index (χ2v) is 5.15. The first kappa shape index (κ1) is 14.1. The molecule has 0 amide bonds. The van der Waals surface area contributed by atoms with Crippen LogP contribution in [0.5, 0.6) is 0 Å². The molecule has 2 N–H and O–H groups in total. The molecule has 0 aromatic carbocycles. The Morgan fingerprint density at radius 2 is 2.14 bits per heavy atom. The average Bonchev–Trinajstić information content (AvgIpc) is 2.84. The van der Waals surface area contributed by atoms with E-state index in [-0.39, 0.29) is 17.7 Å². The van der Waals surface area contributed by atoms with Crippen molar-refractivity contribution < 1.29 is 13.2 Å². The Balaban J connectivity index is 1.89. The minimum atomic E-state index is -4.58. The van der Waals surface area contributed by atoms with Crippen LogP contribution in [0.4, 0.5) is 19.0 Å². The number of alkyl halides is 3. The molecule has 21 heavy (non-hydrogen) atoms. The third-order valence-corrected chi connectivity index (χ3v) is 3.61. The zero-order chi connectivity index (χ0) is 15.0. The molecule has 2 atom stereocenters. The van der Waals surface area contributed by atoms with E-state index in [1.54, 1.807) is 6.07 Å². The molecule has 2 unspecified atom stereocenters. The van der Waals surface area contributed by atoms with Crippen LogP contribution in [0.15, 0.2) is 12.1 Å². The number of nitrogens with one attached hydrogen (secondary N) is 2. The molecule has 114 valence electrons. The standard InChI is InChI=1S/C12H15F3N6/c1-7-8(3-2-6-16-7)17-9-4-5-10-18-19-11(12(13,14)15)21(10)20-9/h4-5,7-8,16H,2-3,6H2,1H3,(H,17,20). The number of fused-ring (bicyclic) bond motifs is 1. The summed E-state index contributed by atoms with van der Waals surface area (Å²) in [5.41, 5.74) is 0.0719. The van der Waals surface area contributed by atoms with E-state index in [2.05, 4.69) is 25.9 Å². The summed E-state index contributed by atoms with van der Waals surface area (Å²) in [6.07, 6.45) is -2.61. The first-order chi connectivity index (χ1) is 9.95. The molecular weight excluding hydrogens is 285 g/mol. The lowest BCUT2D eigenvalue weighted by Gasteiger charge is -2.30. The van der Waals surface area contributed by atoms with Crippen molar-refractivity contribution in [1.82, 2.24) is 25.1 Å². The Bertz CT molecular complexity index is 637. The maximum absolute atomic E-state index is 12.8. The minimum absolute atomic E-state index is 0.0719. The Kier molecular flexibility index (Phi) is 3.44. The molecule has 9 heteroatoms. The van der Waals surface area contributed by atoms with E-state index >= 15 is 0 Å². The number of rotatable bonds is 2. The molecule has 1 saturated heterocycles. The fourth-order valence-corrected chi connectivity index (χ4v) is 2.47. The summed E-state index contributed by atoms with van der Waals surface area (Å²) in [5, 5.41) is 17.1. The van der Waals surface area contributed by atoms with E-state index in [0.29, 0.717) is 5.82 Å². The largest absolute Gasteiger partial charge is 0.453 e. The molecule has 1 aliphatic rings. The van der Waals surface area contributed by atoms with Gasteiger partial charge in [0.15, 0.2) is 5.65 Å². The van der Waals surface area contributed by atoms with Gasteiger partial charge in [0.05, 0.1) is 0 Å². The van der Waals surface area contributed by atoms with E-state index < -0.39 is 12.0 Å². The van der Waals surface area contributed by atoms with Crippen LogP contribution in [0.3, 0.4) is 0 Å². The monoisotopic (exact) mass is 300 g/mol. The van der Waals surface area contributed by atoms with Gasteiger partial charge in [0.25, 0.3) is 5.82 Å². The number of piperidine rings is 1. The Morgan fingerprint density at radius 1 is 1.33 bits per heavy atom. The second kappa shape index (κ2) is 5.14. The zero-order valence-corrected chi connectivity index (χ0v) is 11.4. The molecule has 2 aromatic heterocycles. The fraction of sp³-hybridized carbons (Fsp3) is 0.583. The summed E-state index contributed by atoms with van der Waals surface area (Å²) in [6, 6.07) is 3.46. The van der Waals surface area contributed by atoms with Crippen molar-refractivity contribution in [3.05, 3.63) is 18.0 Å². The van der Waals surface area contributed by atoms with E-state index in [1.807, 2.05) is 6.92 Å². The SMILES string of the molecule is CC1NCCCC1Nc1ccc2nnc(C(F)(F)F)n2n1. The Labute approximate surface area is 118 Å². The van der Waals surface area contributed by atoms with Gasteiger partial charge in [0.2, 0.25) is 0 Å². The molecule has 0 bridgehead atoms. The summed E-state index contributed by atoms with van der Waals surface area (Å²) < 4.78 is 39.2. The highest BCUT2D eigenvalue weighted by Gasteiger charge is 2.37. The molecular formula is C12H15F3N6. The predicted molar refractivity (Wildman–Crippen MR) is 69.9 cm³/mol. The normalized spacial score (nSPS) is 23.4. The lowest BCUT2D eigenvalue weighted by atomic mass is 10.00. The minimum Gasteiger partial charge on any atom is -0.364 e. The third kappa shape index (κ3) is 2.78. The van der Waals surface area contributed by atoms with Crippen LogP contribution in [0.25, 0.3) is 5.65 Å². The number of halogens is 3. The predicted octanol–water partition coefficient (Wildman–Crippen LogP) is 1.70. The van der Waals surface area contributed by atoms with E-state index in [1.165, 1.54) is 6.07 Å². The summed E-state index contributed by atoms with van der Waals surface area (Å²) in [6.45, 7) is 2.99. The van der Waals surface area contributed by atoms with E-state index in [9.17, 15) is 13.2 Å². The molecule has 2 aromatic rings. The maximum Gasteiger partial charge on any atom is 0.453 e. The molecule has 0 spiro atoms. The zero-order valence-electron chi connectivity index (χ0n) is 11.4. The van der Waals surface area contributed by atoms with Gasteiger partial charge >= 0.3 is 6.18 Å². The smallest absolute Gasteiger partial charge is 0.364 e.